The minimum atomic E-state index is -0.699. The van der Waals surface area contributed by atoms with Crippen molar-refractivity contribution in [2.75, 3.05) is 27.3 Å². The zero-order chi connectivity index (χ0) is 15.4. The van der Waals surface area contributed by atoms with E-state index < -0.39 is 5.97 Å². The van der Waals surface area contributed by atoms with Gasteiger partial charge in [0.15, 0.2) is 0 Å². The molecule has 1 aliphatic heterocycles. The van der Waals surface area contributed by atoms with Gasteiger partial charge in [0.1, 0.15) is 11.5 Å². The largest absolute Gasteiger partial charge is 0.497 e. The van der Waals surface area contributed by atoms with Gasteiger partial charge in [0, 0.05) is 25.7 Å². The number of aliphatic carboxylic acids is 1. The second-order valence-electron chi connectivity index (χ2n) is 5.79. The van der Waals surface area contributed by atoms with Crippen LogP contribution < -0.4 is 9.47 Å². The maximum absolute atomic E-state index is 11.2. The van der Waals surface area contributed by atoms with E-state index in [-0.39, 0.29) is 5.92 Å². The van der Waals surface area contributed by atoms with E-state index in [1.807, 2.05) is 18.2 Å². The van der Waals surface area contributed by atoms with Crippen LogP contribution in [0.25, 0.3) is 0 Å². The molecule has 1 aromatic carbocycles. The molecule has 0 saturated carbocycles. The number of benzene rings is 1. The number of carbonyl (C=O) groups is 1. The Morgan fingerprint density at radius 1 is 1.24 bits per heavy atom. The molecule has 0 spiro atoms. The zero-order valence-electron chi connectivity index (χ0n) is 12.8. The molecule has 116 valence electrons. The molecule has 5 heteroatoms. The molecule has 1 saturated heterocycles. The molecule has 5 nitrogen and oxygen atoms in total. The molecule has 0 amide bonds. The number of methoxy groups -OCH3 is 2. The quantitative estimate of drug-likeness (QED) is 0.902. The van der Waals surface area contributed by atoms with Crippen LogP contribution in [0.15, 0.2) is 18.2 Å². The lowest BCUT2D eigenvalue weighted by atomic mass is 9.90. The maximum Gasteiger partial charge on any atom is 0.307 e. The molecule has 1 aromatic rings. The standard InChI is InChI=1S/C16H23NO4/c1-11-4-13(16(18)19)10-17(8-11)9-12-5-14(20-2)7-15(6-12)21-3/h5-7,11,13H,4,8-10H2,1-3H3,(H,18,19). The molecular weight excluding hydrogens is 270 g/mol. The minimum Gasteiger partial charge on any atom is -0.497 e. The first-order valence-electron chi connectivity index (χ1n) is 7.19. The van der Waals surface area contributed by atoms with E-state index in [2.05, 4.69) is 11.8 Å². The Balaban J connectivity index is 2.11. The smallest absolute Gasteiger partial charge is 0.307 e. The van der Waals surface area contributed by atoms with Gasteiger partial charge in [-0.2, -0.15) is 0 Å². The lowest BCUT2D eigenvalue weighted by Crippen LogP contribution is -2.41. The number of hydrogen-bond donors (Lipinski definition) is 1. The summed E-state index contributed by atoms with van der Waals surface area (Å²) in [6.07, 6.45) is 0.757. The van der Waals surface area contributed by atoms with Crippen molar-refractivity contribution in [1.29, 1.82) is 0 Å². The van der Waals surface area contributed by atoms with Crippen LogP contribution in [0.4, 0.5) is 0 Å². The Bertz CT molecular complexity index is 481. The van der Waals surface area contributed by atoms with Gasteiger partial charge in [0.2, 0.25) is 0 Å². The van der Waals surface area contributed by atoms with E-state index in [0.717, 1.165) is 30.0 Å². The highest BCUT2D eigenvalue weighted by molar-refractivity contribution is 5.70. The van der Waals surface area contributed by atoms with Crippen molar-refractivity contribution in [3.05, 3.63) is 23.8 Å². The molecule has 1 aliphatic rings. The summed E-state index contributed by atoms with van der Waals surface area (Å²) in [7, 11) is 3.25. The van der Waals surface area contributed by atoms with Crippen molar-refractivity contribution >= 4 is 5.97 Å². The number of carboxylic acid groups (broad SMARTS) is 1. The average molecular weight is 293 g/mol. The lowest BCUT2D eigenvalue weighted by molar-refractivity contribution is -0.144. The number of hydrogen-bond acceptors (Lipinski definition) is 4. The third kappa shape index (κ3) is 4.11. The molecule has 1 fully saturated rings. The van der Waals surface area contributed by atoms with E-state index in [9.17, 15) is 9.90 Å². The van der Waals surface area contributed by atoms with Crippen LogP contribution in [-0.2, 0) is 11.3 Å². The molecule has 21 heavy (non-hydrogen) atoms. The fourth-order valence-corrected chi connectivity index (χ4v) is 2.99. The van der Waals surface area contributed by atoms with Crippen LogP contribution in [0.3, 0.4) is 0 Å². The molecule has 1 N–H and O–H groups in total. The molecule has 0 aromatic heterocycles. The molecule has 2 atom stereocenters. The first-order valence-corrected chi connectivity index (χ1v) is 7.19. The van der Waals surface area contributed by atoms with Crippen LogP contribution in [0.1, 0.15) is 18.9 Å². The molecular formula is C16H23NO4. The second-order valence-corrected chi connectivity index (χ2v) is 5.79. The van der Waals surface area contributed by atoms with Gasteiger partial charge in [-0.1, -0.05) is 6.92 Å². The fourth-order valence-electron chi connectivity index (χ4n) is 2.99. The number of ether oxygens (including phenoxy) is 2. The van der Waals surface area contributed by atoms with Crippen molar-refractivity contribution in [2.24, 2.45) is 11.8 Å². The van der Waals surface area contributed by atoms with Crippen LogP contribution in [0.5, 0.6) is 11.5 Å². The summed E-state index contributed by atoms with van der Waals surface area (Å²) in [4.78, 5) is 13.4. The number of rotatable bonds is 5. The third-order valence-electron chi connectivity index (χ3n) is 3.90. The van der Waals surface area contributed by atoms with Crippen molar-refractivity contribution in [2.45, 2.75) is 19.9 Å². The Morgan fingerprint density at radius 3 is 2.38 bits per heavy atom. The fraction of sp³-hybridized carbons (Fsp3) is 0.562. The molecule has 0 aliphatic carbocycles. The molecule has 2 unspecified atom stereocenters. The van der Waals surface area contributed by atoms with E-state index in [0.29, 0.717) is 19.0 Å². The Kier molecular flexibility index (Phi) is 5.07. The third-order valence-corrected chi connectivity index (χ3v) is 3.90. The van der Waals surface area contributed by atoms with Crippen LogP contribution in [0, 0.1) is 11.8 Å². The summed E-state index contributed by atoms with van der Waals surface area (Å²) in [6.45, 7) is 4.33. The normalized spacial score (nSPS) is 22.8. The number of likely N-dealkylation sites (tertiary alicyclic amines) is 1. The SMILES string of the molecule is COc1cc(CN2CC(C)CC(C(=O)O)C2)cc(OC)c1. The van der Waals surface area contributed by atoms with Crippen molar-refractivity contribution < 1.29 is 19.4 Å². The number of piperidine rings is 1. The molecule has 1 heterocycles. The summed E-state index contributed by atoms with van der Waals surface area (Å²) in [5.74, 6) is 0.928. The number of carboxylic acids is 1. The highest BCUT2D eigenvalue weighted by Gasteiger charge is 2.29. The minimum absolute atomic E-state index is 0.277. The first-order chi connectivity index (χ1) is 10.0. The Labute approximate surface area is 125 Å². The average Bonchev–Trinajstić information content (AvgIpc) is 2.46. The van der Waals surface area contributed by atoms with Crippen LogP contribution >= 0.6 is 0 Å². The van der Waals surface area contributed by atoms with Gasteiger partial charge in [-0.05, 0) is 30.0 Å². The van der Waals surface area contributed by atoms with Crippen molar-refractivity contribution in [3.63, 3.8) is 0 Å². The summed E-state index contributed by atoms with van der Waals surface area (Å²) < 4.78 is 10.5. The lowest BCUT2D eigenvalue weighted by Gasteiger charge is -2.34. The van der Waals surface area contributed by atoms with Crippen molar-refractivity contribution in [1.82, 2.24) is 4.90 Å². The monoisotopic (exact) mass is 293 g/mol. The van der Waals surface area contributed by atoms with Gasteiger partial charge >= 0.3 is 5.97 Å². The summed E-state index contributed by atoms with van der Waals surface area (Å²) in [5, 5.41) is 9.24. The van der Waals surface area contributed by atoms with E-state index in [4.69, 9.17) is 9.47 Å². The predicted molar refractivity (Wildman–Crippen MR) is 79.7 cm³/mol. The maximum atomic E-state index is 11.2. The van der Waals surface area contributed by atoms with E-state index >= 15 is 0 Å². The van der Waals surface area contributed by atoms with Crippen LogP contribution in [-0.4, -0.2) is 43.3 Å². The topological polar surface area (TPSA) is 59.0 Å². The van der Waals surface area contributed by atoms with E-state index in [1.54, 1.807) is 14.2 Å². The van der Waals surface area contributed by atoms with Gasteiger partial charge in [-0.15, -0.1) is 0 Å². The first kappa shape index (κ1) is 15.6. The predicted octanol–water partition coefficient (Wildman–Crippen LogP) is 2.25. The highest BCUT2D eigenvalue weighted by atomic mass is 16.5. The van der Waals surface area contributed by atoms with Crippen LogP contribution in [0.2, 0.25) is 0 Å². The summed E-state index contributed by atoms with van der Waals surface area (Å²) in [5.41, 5.74) is 1.07. The Morgan fingerprint density at radius 2 is 1.86 bits per heavy atom. The number of nitrogens with zero attached hydrogens (tertiary/aromatic N) is 1. The van der Waals surface area contributed by atoms with Gasteiger partial charge < -0.3 is 14.6 Å². The molecule has 0 radical (unpaired) electrons. The second kappa shape index (κ2) is 6.80. The van der Waals surface area contributed by atoms with E-state index in [1.165, 1.54) is 0 Å². The van der Waals surface area contributed by atoms with Gasteiger partial charge in [-0.3, -0.25) is 9.69 Å². The highest BCUT2D eigenvalue weighted by Crippen LogP contribution is 2.27. The zero-order valence-corrected chi connectivity index (χ0v) is 12.8. The van der Waals surface area contributed by atoms with Crippen molar-refractivity contribution in [3.8, 4) is 11.5 Å². The summed E-state index contributed by atoms with van der Waals surface area (Å²) >= 11 is 0. The Hall–Kier alpha value is -1.75. The van der Waals surface area contributed by atoms with Gasteiger partial charge in [0.25, 0.3) is 0 Å². The van der Waals surface area contributed by atoms with Gasteiger partial charge in [0.05, 0.1) is 20.1 Å². The molecule has 2 rings (SSSR count). The summed E-state index contributed by atoms with van der Waals surface area (Å²) in [6, 6.07) is 5.78. The van der Waals surface area contributed by atoms with Gasteiger partial charge in [-0.25, -0.2) is 0 Å². The molecule has 0 bridgehead atoms.